The summed E-state index contributed by atoms with van der Waals surface area (Å²) in [5, 5.41) is 3.02. The minimum Gasteiger partial charge on any atom is -0.351 e. The largest absolute Gasteiger partial charge is 0.351 e. The van der Waals surface area contributed by atoms with Crippen LogP contribution in [0.2, 0.25) is 0 Å². The van der Waals surface area contributed by atoms with E-state index in [0.29, 0.717) is 6.54 Å². The molecule has 2 nitrogen and oxygen atoms in total. The standard InChI is InChI=1S/C13H11FN2S/c1-8-2-3-10(14)9-6-16-5-4-11(15-7-17)13(16)12(8)9/h2-5,7H,6H2,1H3,(H,15,17). The van der Waals surface area contributed by atoms with Gasteiger partial charge in [-0.3, -0.25) is 0 Å². The molecule has 2 heterocycles. The number of nitrogens with one attached hydrogen (secondary N) is 1. The lowest BCUT2D eigenvalue weighted by molar-refractivity contribution is 0.607. The molecule has 1 aromatic carbocycles. The molecule has 0 saturated heterocycles. The molecule has 1 N–H and O–H groups in total. The van der Waals surface area contributed by atoms with Crippen LogP contribution in [0.25, 0.3) is 11.3 Å². The van der Waals surface area contributed by atoms with Gasteiger partial charge in [-0.2, -0.15) is 0 Å². The van der Waals surface area contributed by atoms with Crippen LogP contribution >= 0.6 is 12.2 Å². The summed E-state index contributed by atoms with van der Waals surface area (Å²) >= 11 is 4.81. The van der Waals surface area contributed by atoms with Crippen molar-refractivity contribution in [1.29, 1.82) is 0 Å². The number of halogens is 1. The molecule has 0 unspecified atom stereocenters. The monoisotopic (exact) mass is 246 g/mol. The van der Waals surface area contributed by atoms with E-state index in [1.54, 1.807) is 0 Å². The van der Waals surface area contributed by atoms with Gasteiger partial charge < -0.3 is 9.88 Å². The van der Waals surface area contributed by atoms with E-state index in [1.807, 2.05) is 29.8 Å². The fourth-order valence-corrected chi connectivity index (χ4v) is 2.58. The van der Waals surface area contributed by atoms with Crippen LogP contribution < -0.4 is 5.32 Å². The molecule has 0 fully saturated rings. The first-order chi connectivity index (χ1) is 8.22. The highest BCUT2D eigenvalue weighted by atomic mass is 32.1. The summed E-state index contributed by atoms with van der Waals surface area (Å²) in [5.41, 5.74) is 6.29. The Morgan fingerprint density at radius 1 is 1.41 bits per heavy atom. The zero-order valence-corrected chi connectivity index (χ0v) is 10.1. The number of benzene rings is 1. The lowest BCUT2D eigenvalue weighted by atomic mass is 10.0. The first-order valence-electron chi connectivity index (χ1n) is 5.40. The quantitative estimate of drug-likeness (QED) is 0.698. The molecule has 0 aliphatic carbocycles. The van der Waals surface area contributed by atoms with Crippen molar-refractivity contribution in [2.24, 2.45) is 0 Å². The van der Waals surface area contributed by atoms with Crippen molar-refractivity contribution in [1.82, 2.24) is 4.57 Å². The van der Waals surface area contributed by atoms with Gasteiger partial charge in [0.2, 0.25) is 0 Å². The van der Waals surface area contributed by atoms with Crippen LogP contribution in [0.5, 0.6) is 0 Å². The smallest absolute Gasteiger partial charge is 0.128 e. The average Bonchev–Trinajstić information content (AvgIpc) is 2.85. The van der Waals surface area contributed by atoms with Gasteiger partial charge in [-0.1, -0.05) is 18.3 Å². The summed E-state index contributed by atoms with van der Waals surface area (Å²) in [6.45, 7) is 2.60. The number of rotatable bonds is 2. The molecule has 0 atom stereocenters. The van der Waals surface area contributed by atoms with Crippen molar-refractivity contribution in [3.8, 4) is 11.3 Å². The molecule has 17 heavy (non-hydrogen) atoms. The molecule has 1 aliphatic heterocycles. The van der Waals surface area contributed by atoms with Crippen LogP contribution in [0, 0.1) is 12.7 Å². The zero-order chi connectivity index (χ0) is 12.0. The molecule has 4 heteroatoms. The van der Waals surface area contributed by atoms with E-state index >= 15 is 0 Å². The minimum absolute atomic E-state index is 0.136. The predicted octanol–water partition coefficient (Wildman–Crippen LogP) is 3.33. The highest BCUT2D eigenvalue weighted by Gasteiger charge is 2.25. The van der Waals surface area contributed by atoms with Crippen molar-refractivity contribution in [3.63, 3.8) is 0 Å². The van der Waals surface area contributed by atoms with Crippen molar-refractivity contribution < 1.29 is 4.39 Å². The fourth-order valence-electron chi connectivity index (χ4n) is 2.46. The van der Waals surface area contributed by atoms with E-state index in [1.165, 1.54) is 11.6 Å². The zero-order valence-electron chi connectivity index (χ0n) is 9.33. The molecule has 0 saturated carbocycles. The van der Waals surface area contributed by atoms with Gasteiger partial charge >= 0.3 is 0 Å². The number of nitrogens with zero attached hydrogens (tertiary/aromatic N) is 1. The van der Waals surface area contributed by atoms with Crippen LogP contribution in [0.1, 0.15) is 11.1 Å². The summed E-state index contributed by atoms with van der Waals surface area (Å²) in [5.74, 6) is -0.136. The Balaban J connectivity index is 2.28. The molecule has 0 amide bonds. The van der Waals surface area contributed by atoms with E-state index in [0.717, 1.165) is 28.1 Å². The van der Waals surface area contributed by atoms with Gasteiger partial charge in [0, 0.05) is 17.3 Å². The Kier molecular flexibility index (Phi) is 2.26. The Bertz CT molecular complexity index is 616. The molecule has 3 rings (SSSR count). The Morgan fingerprint density at radius 3 is 3.00 bits per heavy atom. The number of anilines is 1. The van der Waals surface area contributed by atoms with Crippen LogP contribution in [0.3, 0.4) is 0 Å². The number of fused-ring (bicyclic) bond motifs is 3. The van der Waals surface area contributed by atoms with E-state index in [2.05, 4.69) is 5.32 Å². The molecular weight excluding hydrogens is 235 g/mol. The van der Waals surface area contributed by atoms with Gasteiger partial charge in [0.1, 0.15) is 5.82 Å². The van der Waals surface area contributed by atoms with E-state index in [-0.39, 0.29) is 5.82 Å². The first kappa shape index (κ1) is 10.5. The second kappa shape index (κ2) is 3.67. The Labute approximate surface area is 104 Å². The highest BCUT2D eigenvalue weighted by Crippen LogP contribution is 2.40. The summed E-state index contributed by atoms with van der Waals surface area (Å²) in [7, 11) is 0. The molecule has 1 aromatic heterocycles. The molecule has 0 bridgehead atoms. The van der Waals surface area contributed by atoms with Crippen molar-refractivity contribution in [2.75, 3.05) is 5.32 Å². The van der Waals surface area contributed by atoms with Crippen molar-refractivity contribution >= 4 is 23.4 Å². The molecular formula is C13H11FN2S. The van der Waals surface area contributed by atoms with Gasteiger partial charge in [-0.05, 0) is 24.6 Å². The van der Waals surface area contributed by atoms with Gasteiger partial charge in [0.05, 0.1) is 23.4 Å². The van der Waals surface area contributed by atoms with Crippen LogP contribution in [0.4, 0.5) is 10.1 Å². The summed E-state index contributed by atoms with van der Waals surface area (Å²) in [6, 6.07) is 5.32. The number of hydrogen-bond acceptors (Lipinski definition) is 1. The Morgan fingerprint density at radius 2 is 2.24 bits per heavy atom. The summed E-state index contributed by atoms with van der Waals surface area (Å²) in [4.78, 5) is 0. The number of thiocarbonyl (C=S) groups is 1. The minimum atomic E-state index is -0.136. The van der Waals surface area contributed by atoms with Crippen molar-refractivity contribution in [2.45, 2.75) is 13.5 Å². The third-order valence-electron chi connectivity index (χ3n) is 3.21. The van der Waals surface area contributed by atoms with E-state index in [9.17, 15) is 4.39 Å². The van der Waals surface area contributed by atoms with Gasteiger partial charge in [0.15, 0.2) is 0 Å². The van der Waals surface area contributed by atoms with Crippen LogP contribution in [0.15, 0.2) is 24.4 Å². The lowest BCUT2D eigenvalue weighted by Gasteiger charge is -2.07. The fraction of sp³-hybridized carbons (Fsp3) is 0.154. The van der Waals surface area contributed by atoms with Gasteiger partial charge in [-0.25, -0.2) is 4.39 Å². The maximum absolute atomic E-state index is 13.8. The second-order valence-electron chi connectivity index (χ2n) is 4.19. The summed E-state index contributed by atoms with van der Waals surface area (Å²) < 4.78 is 15.8. The van der Waals surface area contributed by atoms with E-state index < -0.39 is 0 Å². The normalized spacial score (nSPS) is 12.1. The third kappa shape index (κ3) is 1.41. The second-order valence-corrected chi connectivity index (χ2v) is 4.42. The highest BCUT2D eigenvalue weighted by molar-refractivity contribution is 7.79. The molecule has 0 radical (unpaired) electrons. The first-order valence-corrected chi connectivity index (χ1v) is 5.87. The van der Waals surface area contributed by atoms with Gasteiger partial charge in [-0.15, -0.1) is 0 Å². The van der Waals surface area contributed by atoms with Crippen LogP contribution in [-0.4, -0.2) is 10.1 Å². The molecule has 86 valence electrons. The predicted molar refractivity (Wildman–Crippen MR) is 70.9 cm³/mol. The topological polar surface area (TPSA) is 17.0 Å². The maximum atomic E-state index is 13.8. The average molecular weight is 246 g/mol. The number of aryl methyl sites for hydroxylation is 1. The third-order valence-corrected chi connectivity index (χ3v) is 3.33. The lowest BCUT2D eigenvalue weighted by Crippen LogP contribution is -1.94. The van der Waals surface area contributed by atoms with Gasteiger partial charge in [0.25, 0.3) is 0 Å². The van der Waals surface area contributed by atoms with E-state index in [4.69, 9.17) is 12.2 Å². The molecule has 0 spiro atoms. The summed E-state index contributed by atoms with van der Waals surface area (Å²) in [6.07, 6.45) is 1.95. The number of hydrogen-bond donors (Lipinski definition) is 1. The maximum Gasteiger partial charge on any atom is 0.128 e. The SMILES string of the molecule is Cc1ccc(F)c2c1-c1c(NC=S)ccn1C2. The van der Waals surface area contributed by atoms with Crippen LogP contribution in [-0.2, 0) is 6.54 Å². The Hall–Kier alpha value is -1.68. The van der Waals surface area contributed by atoms with Crippen molar-refractivity contribution in [3.05, 3.63) is 41.3 Å². The molecule has 1 aliphatic rings. The molecule has 2 aromatic rings. The number of aromatic nitrogens is 1.